The Hall–Kier alpha value is -3.18. The van der Waals surface area contributed by atoms with Crippen LogP contribution in [0.2, 0.25) is 5.02 Å². The number of anilines is 2. The van der Waals surface area contributed by atoms with Gasteiger partial charge < -0.3 is 9.15 Å². The molecule has 0 aliphatic carbocycles. The third kappa shape index (κ3) is 3.81. The second-order valence-corrected chi connectivity index (χ2v) is 8.34. The molecule has 1 aliphatic heterocycles. The molecule has 0 amide bonds. The predicted molar refractivity (Wildman–Crippen MR) is 107 cm³/mol. The van der Waals surface area contributed by atoms with Crippen molar-refractivity contribution in [1.29, 1.82) is 0 Å². The highest BCUT2D eigenvalue weighted by Crippen LogP contribution is 2.40. The van der Waals surface area contributed by atoms with Gasteiger partial charge in [0.15, 0.2) is 0 Å². The number of sulfonamides is 1. The van der Waals surface area contributed by atoms with Crippen LogP contribution in [0, 0.1) is 5.82 Å². The summed E-state index contributed by atoms with van der Waals surface area (Å²) in [7, 11) is -2.43. The smallest absolute Gasteiger partial charge is 0.265 e. The highest BCUT2D eigenvalue weighted by molar-refractivity contribution is 7.92. The van der Waals surface area contributed by atoms with Crippen LogP contribution in [0.3, 0.4) is 0 Å². The normalized spacial score (nSPS) is 16.1. The monoisotopic (exact) mass is 451 g/mol. The number of ether oxygens (including phenoxy) is 1. The van der Waals surface area contributed by atoms with Crippen molar-refractivity contribution >= 4 is 33.0 Å². The number of nitrogens with one attached hydrogen (secondary N) is 1. The fourth-order valence-electron chi connectivity index (χ4n) is 2.86. The van der Waals surface area contributed by atoms with Crippen LogP contribution in [0.4, 0.5) is 15.8 Å². The number of furan rings is 1. The fourth-order valence-corrected chi connectivity index (χ4v) is 4.21. The summed E-state index contributed by atoms with van der Waals surface area (Å²) >= 11 is 6.34. The zero-order valence-corrected chi connectivity index (χ0v) is 17.1. The summed E-state index contributed by atoms with van der Waals surface area (Å²) < 4.78 is 51.7. The van der Waals surface area contributed by atoms with E-state index in [4.69, 9.17) is 20.8 Å². The van der Waals surface area contributed by atoms with Crippen molar-refractivity contribution in [3.05, 3.63) is 65.6 Å². The standard InChI is InChI=1S/C18H15ClFN5O4S/c1-28-12-6-11(7-21-8-12)16-9-25(24-22-16)18-14(20)2-3-15(17(18)19)23-30(26,27)13-4-5-29-10-13/h2-8,10,16,23H,9H2,1H3. The van der Waals surface area contributed by atoms with Gasteiger partial charge >= 0.3 is 0 Å². The molecule has 1 unspecified atom stereocenters. The predicted octanol–water partition coefficient (Wildman–Crippen LogP) is 4.21. The maximum absolute atomic E-state index is 14.6. The SMILES string of the molecule is COc1cncc(C2CN(c3c(F)ccc(NS(=O)(=O)c4ccoc4)c3Cl)N=N2)c1. The van der Waals surface area contributed by atoms with E-state index in [2.05, 4.69) is 20.0 Å². The van der Waals surface area contributed by atoms with Gasteiger partial charge in [-0.2, -0.15) is 5.11 Å². The summed E-state index contributed by atoms with van der Waals surface area (Å²) in [5.74, 6) is -0.115. The summed E-state index contributed by atoms with van der Waals surface area (Å²) in [6.45, 7) is 0.184. The van der Waals surface area contributed by atoms with Crippen LogP contribution in [0.1, 0.15) is 11.6 Å². The number of pyridine rings is 1. The van der Waals surface area contributed by atoms with Crippen LogP contribution >= 0.6 is 11.6 Å². The molecule has 3 heterocycles. The largest absolute Gasteiger partial charge is 0.495 e. The van der Waals surface area contributed by atoms with Crippen LogP contribution in [-0.4, -0.2) is 27.1 Å². The maximum atomic E-state index is 14.6. The van der Waals surface area contributed by atoms with Gasteiger partial charge in [0.2, 0.25) is 0 Å². The molecule has 30 heavy (non-hydrogen) atoms. The van der Waals surface area contributed by atoms with Gasteiger partial charge in [-0.3, -0.25) is 9.71 Å². The highest BCUT2D eigenvalue weighted by Gasteiger charge is 2.28. The van der Waals surface area contributed by atoms with Crippen molar-refractivity contribution in [1.82, 2.24) is 4.98 Å². The Morgan fingerprint density at radius 1 is 1.33 bits per heavy atom. The van der Waals surface area contributed by atoms with Gasteiger partial charge in [0, 0.05) is 11.8 Å². The molecule has 1 N–H and O–H groups in total. The van der Waals surface area contributed by atoms with Gasteiger partial charge in [0.25, 0.3) is 10.0 Å². The zero-order valence-electron chi connectivity index (χ0n) is 15.5. The minimum atomic E-state index is -3.95. The molecular formula is C18H15ClFN5O4S. The molecule has 2 aromatic heterocycles. The Balaban J connectivity index is 1.61. The molecule has 12 heteroatoms. The van der Waals surface area contributed by atoms with E-state index in [0.717, 1.165) is 17.9 Å². The Morgan fingerprint density at radius 3 is 2.90 bits per heavy atom. The van der Waals surface area contributed by atoms with E-state index in [1.165, 1.54) is 30.5 Å². The van der Waals surface area contributed by atoms with E-state index in [9.17, 15) is 12.8 Å². The number of hydrogen-bond donors (Lipinski definition) is 1. The first-order chi connectivity index (χ1) is 14.4. The average molecular weight is 452 g/mol. The highest BCUT2D eigenvalue weighted by atomic mass is 35.5. The second-order valence-electron chi connectivity index (χ2n) is 6.28. The van der Waals surface area contributed by atoms with Gasteiger partial charge in [0.1, 0.15) is 34.5 Å². The molecule has 0 saturated carbocycles. The Bertz CT molecular complexity index is 1200. The molecule has 0 bridgehead atoms. The molecule has 0 spiro atoms. The van der Waals surface area contributed by atoms with E-state index < -0.39 is 21.9 Å². The third-order valence-electron chi connectivity index (χ3n) is 4.37. The maximum Gasteiger partial charge on any atom is 0.265 e. The van der Waals surface area contributed by atoms with Crippen molar-refractivity contribution in [2.24, 2.45) is 10.3 Å². The minimum absolute atomic E-state index is 0.00374. The van der Waals surface area contributed by atoms with E-state index >= 15 is 0 Å². The molecule has 1 aliphatic rings. The fraction of sp³-hybridized carbons (Fsp3) is 0.167. The number of rotatable bonds is 6. The molecule has 0 fully saturated rings. The Labute approximate surface area is 176 Å². The van der Waals surface area contributed by atoms with E-state index in [1.807, 2.05) is 0 Å². The average Bonchev–Trinajstić information content (AvgIpc) is 3.43. The van der Waals surface area contributed by atoms with Gasteiger partial charge in [-0.1, -0.05) is 16.8 Å². The number of halogens is 2. The summed E-state index contributed by atoms with van der Waals surface area (Å²) in [4.78, 5) is 3.99. The topological polar surface area (TPSA) is 109 Å². The molecule has 9 nitrogen and oxygen atoms in total. The first kappa shape index (κ1) is 20.1. The van der Waals surface area contributed by atoms with Gasteiger partial charge in [0.05, 0.1) is 36.8 Å². The van der Waals surface area contributed by atoms with Crippen LogP contribution in [0.5, 0.6) is 5.75 Å². The molecule has 1 atom stereocenters. The number of nitrogens with zero attached hydrogens (tertiary/aromatic N) is 4. The lowest BCUT2D eigenvalue weighted by atomic mass is 10.1. The summed E-state index contributed by atoms with van der Waals surface area (Å²) in [5, 5.41) is 9.27. The molecule has 3 aromatic rings. The van der Waals surface area contributed by atoms with Crippen molar-refractivity contribution in [2.75, 3.05) is 23.4 Å². The summed E-state index contributed by atoms with van der Waals surface area (Å²) in [6.07, 6.45) is 5.47. The van der Waals surface area contributed by atoms with E-state index in [1.54, 1.807) is 18.5 Å². The van der Waals surface area contributed by atoms with E-state index in [0.29, 0.717) is 5.75 Å². The Kier molecular flexibility index (Phi) is 5.31. The van der Waals surface area contributed by atoms with Crippen LogP contribution in [-0.2, 0) is 10.0 Å². The number of aromatic nitrogens is 1. The minimum Gasteiger partial charge on any atom is -0.495 e. The summed E-state index contributed by atoms with van der Waals surface area (Å²) in [5.41, 5.74) is 0.635. The molecule has 0 saturated heterocycles. The van der Waals surface area contributed by atoms with E-state index in [-0.39, 0.29) is 27.8 Å². The lowest BCUT2D eigenvalue weighted by molar-refractivity contribution is 0.412. The van der Waals surface area contributed by atoms with Crippen LogP contribution in [0.15, 0.2) is 68.8 Å². The van der Waals surface area contributed by atoms with Gasteiger partial charge in [-0.15, -0.1) is 0 Å². The molecular weight excluding hydrogens is 437 g/mol. The number of benzene rings is 1. The van der Waals surface area contributed by atoms with Crippen molar-refractivity contribution in [2.45, 2.75) is 10.9 Å². The first-order valence-electron chi connectivity index (χ1n) is 8.59. The molecule has 0 radical (unpaired) electrons. The Morgan fingerprint density at radius 2 is 2.17 bits per heavy atom. The number of methoxy groups -OCH3 is 1. The van der Waals surface area contributed by atoms with Crippen molar-refractivity contribution < 1.29 is 22.0 Å². The second kappa shape index (κ2) is 7.92. The third-order valence-corrected chi connectivity index (χ3v) is 6.10. The molecule has 156 valence electrons. The molecule has 1 aromatic carbocycles. The van der Waals surface area contributed by atoms with Crippen molar-refractivity contribution in [3.8, 4) is 5.75 Å². The zero-order chi connectivity index (χ0) is 21.3. The van der Waals surface area contributed by atoms with Crippen LogP contribution < -0.4 is 14.5 Å². The van der Waals surface area contributed by atoms with Crippen LogP contribution in [0.25, 0.3) is 0 Å². The number of hydrogen-bond acceptors (Lipinski definition) is 8. The van der Waals surface area contributed by atoms with Gasteiger partial charge in [-0.25, -0.2) is 17.8 Å². The molecule has 4 rings (SSSR count). The first-order valence-corrected chi connectivity index (χ1v) is 10.5. The summed E-state index contributed by atoms with van der Waals surface area (Å²) in [6, 6.07) is 4.95. The lowest BCUT2D eigenvalue weighted by Crippen LogP contribution is -2.19. The quantitative estimate of drug-likeness (QED) is 0.601. The van der Waals surface area contributed by atoms with Gasteiger partial charge in [-0.05, 0) is 24.3 Å². The lowest BCUT2D eigenvalue weighted by Gasteiger charge is -2.18. The van der Waals surface area contributed by atoms with Crippen molar-refractivity contribution in [3.63, 3.8) is 0 Å².